The quantitative estimate of drug-likeness (QED) is 0.757. The molecule has 1 aliphatic rings. The van der Waals surface area contributed by atoms with Gasteiger partial charge in [-0.25, -0.2) is 4.98 Å². The van der Waals surface area contributed by atoms with E-state index in [4.69, 9.17) is 10.7 Å². The van der Waals surface area contributed by atoms with Crippen molar-refractivity contribution in [1.82, 2.24) is 9.97 Å². The van der Waals surface area contributed by atoms with E-state index < -0.39 is 0 Å². The van der Waals surface area contributed by atoms with Gasteiger partial charge in [0.15, 0.2) is 0 Å². The number of nitrogens with two attached hydrogens (primary N) is 1. The van der Waals surface area contributed by atoms with Crippen molar-refractivity contribution in [2.45, 2.75) is 23.1 Å². The lowest BCUT2D eigenvalue weighted by atomic mass is 10.1. The van der Waals surface area contributed by atoms with E-state index in [1.165, 1.54) is 10.5 Å². The largest absolute Gasteiger partial charge is 0.341 e. The normalized spacial score (nSPS) is 17.6. The zero-order valence-corrected chi connectivity index (χ0v) is 11.8. The number of fused-ring (bicyclic) bond motifs is 2. The molecule has 4 rings (SSSR count). The van der Waals surface area contributed by atoms with Gasteiger partial charge in [0.05, 0.1) is 16.3 Å². The molecule has 20 heavy (non-hydrogen) atoms. The molecule has 1 unspecified atom stereocenters. The number of aromatic amines is 1. The predicted molar refractivity (Wildman–Crippen MR) is 82.7 cm³/mol. The summed E-state index contributed by atoms with van der Waals surface area (Å²) in [5, 5.41) is 0.390. The smallest absolute Gasteiger partial charge is 0.121 e. The molecule has 0 saturated carbocycles. The van der Waals surface area contributed by atoms with Gasteiger partial charge in [-0.2, -0.15) is 0 Å². The highest BCUT2D eigenvalue weighted by atomic mass is 32.2. The van der Waals surface area contributed by atoms with Gasteiger partial charge in [0.1, 0.15) is 5.82 Å². The molecule has 1 aromatic heterocycles. The Morgan fingerprint density at radius 1 is 1.25 bits per heavy atom. The third-order valence-corrected chi connectivity index (χ3v) is 5.08. The molecule has 1 aliphatic heterocycles. The van der Waals surface area contributed by atoms with Crippen molar-refractivity contribution in [2.75, 3.05) is 0 Å². The predicted octanol–water partition coefficient (Wildman–Crippen LogP) is 3.41. The molecule has 0 saturated heterocycles. The molecule has 100 valence electrons. The van der Waals surface area contributed by atoms with Gasteiger partial charge in [0.25, 0.3) is 0 Å². The van der Waals surface area contributed by atoms with Crippen LogP contribution in [0.5, 0.6) is 0 Å². The van der Waals surface area contributed by atoms with Gasteiger partial charge in [0, 0.05) is 11.4 Å². The number of nitrogens with zero attached hydrogens (tertiary/aromatic N) is 1. The van der Waals surface area contributed by atoms with Crippen LogP contribution in [0.4, 0.5) is 0 Å². The number of benzene rings is 2. The summed E-state index contributed by atoms with van der Waals surface area (Å²) in [6.07, 6.45) is 1.05. The number of rotatable bonds is 2. The molecule has 3 N–H and O–H groups in total. The van der Waals surface area contributed by atoms with Crippen molar-refractivity contribution in [2.24, 2.45) is 5.73 Å². The lowest BCUT2D eigenvalue weighted by molar-refractivity contribution is 0.881. The first-order valence-electron chi connectivity index (χ1n) is 6.76. The fourth-order valence-corrected chi connectivity index (χ4v) is 3.94. The van der Waals surface area contributed by atoms with E-state index >= 15 is 0 Å². The van der Waals surface area contributed by atoms with E-state index in [0.29, 0.717) is 11.8 Å². The van der Waals surface area contributed by atoms with Crippen LogP contribution < -0.4 is 5.73 Å². The number of nitrogens with one attached hydrogen (secondary N) is 1. The minimum absolute atomic E-state index is 0.390. The lowest BCUT2D eigenvalue weighted by Crippen LogP contribution is -1.95. The van der Waals surface area contributed by atoms with Crippen LogP contribution in [0.2, 0.25) is 0 Å². The summed E-state index contributed by atoms with van der Waals surface area (Å²) < 4.78 is 0. The Hall–Kier alpha value is -1.78. The molecular formula is C16H15N3S. The Morgan fingerprint density at radius 3 is 3.00 bits per heavy atom. The van der Waals surface area contributed by atoms with Crippen LogP contribution in [0.1, 0.15) is 22.2 Å². The molecular weight excluding hydrogens is 266 g/mol. The van der Waals surface area contributed by atoms with E-state index in [1.807, 2.05) is 23.9 Å². The molecule has 0 radical (unpaired) electrons. The van der Waals surface area contributed by atoms with Crippen molar-refractivity contribution in [1.29, 1.82) is 0 Å². The maximum atomic E-state index is 5.69. The van der Waals surface area contributed by atoms with E-state index in [-0.39, 0.29) is 0 Å². The Morgan fingerprint density at radius 2 is 2.15 bits per heavy atom. The molecule has 0 aliphatic carbocycles. The average Bonchev–Trinajstić information content (AvgIpc) is 3.09. The summed E-state index contributed by atoms with van der Waals surface area (Å²) in [5.41, 5.74) is 10.3. The zero-order chi connectivity index (χ0) is 13.5. The van der Waals surface area contributed by atoms with Crippen molar-refractivity contribution in [3.8, 4) is 0 Å². The van der Waals surface area contributed by atoms with Gasteiger partial charge in [-0.1, -0.05) is 24.3 Å². The van der Waals surface area contributed by atoms with Gasteiger partial charge in [0.2, 0.25) is 0 Å². The van der Waals surface area contributed by atoms with Crippen LogP contribution >= 0.6 is 11.8 Å². The highest BCUT2D eigenvalue weighted by molar-refractivity contribution is 7.99. The van der Waals surface area contributed by atoms with Crippen LogP contribution in [-0.2, 0) is 13.0 Å². The van der Waals surface area contributed by atoms with Crippen LogP contribution in [-0.4, -0.2) is 9.97 Å². The highest BCUT2D eigenvalue weighted by Gasteiger charge is 2.25. The second kappa shape index (κ2) is 4.65. The molecule has 0 bridgehead atoms. The second-order valence-corrected chi connectivity index (χ2v) is 6.34. The first-order chi connectivity index (χ1) is 9.83. The molecule has 3 nitrogen and oxygen atoms in total. The Kier molecular flexibility index (Phi) is 2.79. The first-order valence-corrected chi connectivity index (χ1v) is 7.64. The number of thioether (sulfide) groups is 1. The minimum atomic E-state index is 0.390. The van der Waals surface area contributed by atoms with Crippen molar-refractivity contribution >= 4 is 22.8 Å². The van der Waals surface area contributed by atoms with Crippen molar-refractivity contribution in [3.63, 3.8) is 0 Å². The summed E-state index contributed by atoms with van der Waals surface area (Å²) in [6, 6.07) is 14.8. The number of hydrogen-bond donors (Lipinski definition) is 2. The molecule has 2 heterocycles. The topological polar surface area (TPSA) is 54.7 Å². The van der Waals surface area contributed by atoms with Crippen LogP contribution in [0, 0.1) is 0 Å². The van der Waals surface area contributed by atoms with Crippen LogP contribution in [0.25, 0.3) is 11.0 Å². The van der Waals surface area contributed by atoms with E-state index in [2.05, 4.69) is 35.3 Å². The minimum Gasteiger partial charge on any atom is -0.341 e. The highest BCUT2D eigenvalue weighted by Crippen LogP contribution is 2.45. The van der Waals surface area contributed by atoms with Crippen molar-refractivity contribution in [3.05, 3.63) is 59.4 Å². The third kappa shape index (κ3) is 1.92. The van der Waals surface area contributed by atoms with Crippen LogP contribution in [0.15, 0.2) is 47.4 Å². The average molecular weight is 281 g/mol. The molecule has 1 atom stereocenters. The maximum absolute atomic E-state index is 5.69. The van der Waals surface area contributed by atoms with E-state index in [9.17, 15) is 0 Å². The second-order valence-electron chi connectivity index (χ2n) is 5.10. The molecule has 0 amide bonds. The Balaban J connectivity index is 1.70. The van der Waals surface area contributed by atoms with Gasteiger partial charge in [-0.05, 0) is 35.7 Å². The van der Waals surface area contributed by atoms with Gasteiger partial charge < -0.3 is 10.7 Å². The fourth-order valence-electron chi connectivity index (χ4n) is 2.69. The first kappa shape index (κ1) is 12.0. The molecule has 3 aromatic rings. The molecule has 0 spiro atoms. The summed E-state index contributed by atoms with van der Waals surface area (Å²) in [4.78, 5) is 9.57. The summed E-state index contributed by atoms with van der Waals surface area (Å²) in [5.74, 6) is 1.07. The standard InChI is InChI=1S/C16H15N3S/c17-9-10-5-6-12-13(7-10)19-16(18-12)15-8-11-3-1-2-4-14(11)20-15/h1-7,15H,8-9,17H2,(H,18,19). The van der Waals surface area contributed by atoms with Gasteiger partial charge in [-0.3, -0.25) is 0 Å². The summed E-state index contributed by atoms with van der Waals surface area (Å²) in [7, 11) is 0. The monoisotopic (exact) mass is 281 g/mol. The number of aromatic nitrogens is 2. The molecule has 0 fully saturated rings. The Labute approximate surface area is 121 Å². The summed E-state index contributed by atoms with van der Waals surface area (Å²) in [6.45, 7) is 0.563. The molecule has 4 heteroatoms. The molecule has 2 aromatic carbocycles. The third-order valence-electron chi connectivity index (χ3n) is 3.75. The zero-order valence-electron chi connectivity index (χ0n) is 11.0. The number of hydrogen-bond acceptors (Lipinski definition) is 3. The van der Waals surface area contributed by atoms with Gasteiger partial charge in [-0.15, -0.1) is 11.8 Å². The van der Waals surface area contributed by atoms with Crippen molar-refractivity contribution < 1.29 is 0 Å². The number of H-pyrrole nitrogens is 1. The fraction of sp³-hybridized carbons (Fsp3) is 0.188. The number of imidazole rings is 1. The summed E-state index contributed by atoms with van der Waals surface area (Å²) >= 11 is 1.90. The SMILES string of the molecule is NCc1ccc2nc(C3Cc4ccccc4S3)[nH]c2c1. The Bertz CT molecular complexity index is 753. The van der Waals surface area contributed by atoms with Gasteiger partial charge >= 0.3 is 0 Å². The maximum Gasteiger partial charge on any atom is 0.121 e. The van der Waals surface area contributed by atoms with E-state index in [0.717, 1.165) is 28.8 Å². The van der Waals surface area contributed by atoms with E-state index in [1.54, 1.807) is 0 Å². The lowest BCUT2D eigenvalue weighted by Gasteiger charge is -2.02. The van der Waals surface area contributed by atoms with Crippen LogP contribution in [0.3, 0.4) is 0 Å².